The van der Waals surface area contributed by atoms with E-state index < -0.39 is 5.56 Å². The first-order valence-corrected chi connectivity index (χ1v) is 10.5. The molecule has 0 N–H and O–H groups in total. The minimum atomic E-state index is -0.398. The summed E-state index contributed by atoms with van der Waals surface area (Å²) < 4.78 is 13.1. The highest BCUT2D eigenvalue weighted by molar-refractivity contribution is 7.22. The number of carbonyl (C=O) groups excluding carboxylic acids is 1. The molecule has 5 aromatic rings. The molecule has 0 unspecified atom stereocenters. The summed E-state index contributed by atoms with van der Waals surface area (Å²) in [7, 11) is 1.57. The number of furan rings is 1. The highest BCUT2D eigenvalue weighted by Crippen LogP contribution is 2.29. The van der Waals surface area contributed by atoms with Gasteiger partial charge in [0.2, 0.25) is 11.5 Å². The Balaban J connectivity index is 1.50. The number of thiazole rings is 1. The Morgan fingerprint density at radius 3 is 2.84 bits per heavy atom. The number of rotatable bonds is 6. The summed E-state index contributed by atoms with van der Waals surface area (Å²) in [5.41, 5.74) is 1.64. The molecule has 156 valence electrons. The second-order valence-corrected chi connectivity index (χ2v) is 7.97. The Hall–Kier alpha value is -3.56. The van der Waals surface area contributed by atoms with Crippen LogP contribution in [0.3, 0.4) is 0 Å². The Kier molecular flexibility index (Phi) is 4.97. The monoisotopic (exact) mass is 434 g/mol. The van der Waals surface area contributed by atoms with Crippen LogP contribution in [0.5, 0.6) is 0 Å². The molecule has 5 rings (SSSR count). The summed E-state index contributed by atoms with van der Waals surface area (Å²) in [6.45, 7) is 0.486. The van der Waals surface area contributed by atoms with Gasteiger partial charge in [0.05, 0.1) is 29.7 Å². The minimum absolute atomic E-state index is 0.139. The number of amides is 1. The molecule has 0 fully saturated rings. The van der Waals surface area contributed by atoms with E-state index in [0.29, 0.717) is 29.4 Å². The van der Waals surface area contributed by atoms with Crippen LogP contribution in [0.15, 0.2) is 64.1 Å². The quantitative estimate of drug-likeness (QED) is 0.407. The van der Waals surface area contributed by atoms with E-state index in [4.69, 9.17) is 9.15 Å². The Labute approximate surface area is 180 Å². The number of benzene rings is 2. The predicted octanol–water partition coefficient (Wildman–Crippen LogP) is 3.43. The largest absolute Gasteiger partial charge is 0.448 e. The molecular formula is C22H18N4O4S. The lowest BCUT2D eigenvalue weighted by atomic mass is 10.2. The molecule has 2 aromatic carbocycles. The molecular weight excluding hydrogens is 416 g/mol. The molecule has 0 aliphatic heterocycles. The molecule has 0 radical (unpaired) electrons. The molecule has 8 nitrogen and oxygen atoms in total. The van der Waals surface area contributed by atoms with Gasteiger partial charge in [-0.15, -0.1) is 0 Å². The third kappa shape index (κ3) is 3.47. The third-order valence-electron chi connectivity index (χ3n) is 4.99. The van der Waals surface area contributed by atoms with Crippen molar-refractivity contribution >= 4 is 54.7 Å². The van der Waals surface area contributed by atoms with E-state index in [0.717, 1.165) is 15.6 Å². The van der Waals surface area contributed by atoms with Crippen LogP contribution < -0.4 is 10.5 Å². The van der Waals surface area contributed by atoms with Gasteiger partial charge in [-0.3, -0.25) is 19.1 Å². The lowest BCUT2D eigenvalue weighted by Gasteiger charge is -2.19. The topological polar surface area (TPSA) is 90.5 Å². The molecule has 0 aliphatic rings. The van der Waals surface area contributed by atoms with Crippen LogP contribution in [-0.4, -0.2) is 40.7 Å². The van der Waals surface area contributed by atoms with Crippen LogP contribution in [-0.2, 0) is 16.1 Å². The maximum atomic E-state index is 13.2. The van der Waals surface area contributed by atoms with Gasteiger partial charge in [0.1, 0.15) is 17.6 Å². The number of anilines is 1. The number of hydrogen-bond acceptors (Lipinski definition) is 7. The molecule has 0 saturated carbocycles. The molecule has 3 aromatic heterocycles. The standard InChI is InChI=1S/C22H18N4O4S/c1-29-11-10-26(22-24-15-7-3-5-9-17(15)31-22)18(27)12-25-13-23-19-14-6-2-4-8-16(14)30-20(19)21(25)28/h2-9,13H,10-12H2,1H3. The van der Waals surface area contributed by atoms with Crippen LogP contribution in [0.1, 0.15) is 0 Å². The summed E-state index contributed by atoms with van der Waals surface area (Å²) in [6.07, 6.45) is 1.39. The van der Waals surface area contributed by atoms with Crippen molar-refractivity contribution in [3.63, 3.8) is 0 Å². The molecule has 0 bridgehead atoms. The van der Waals surface area contributed by atoms with E-state index in [2.05, 4.69) is 9.97 Å². The smallest absolute Gasteiger partial charge is 0.297 e. The molecule has 1 amide bonds. The Bertz CT molecular complexity index is 1440. The molecule has 31 heavy (non-hydrogen) atoms. The number of fused-ring (bicyclic) bond motifs is 4. The third-order valence-corrected chi connectivity index (χ3v) is 6.05. The molecule has 3 heterocycles. The normalized spacial score (nSPS) is 11.5. The fourth-order valence-corrected chi connectivity index (χ4v) is 4.45. The second-order valence-electron chi connectivity index (χ2n) is 6.96. The first-order valence-electron chi connectivity index (χ1n) is 9.67. The van der Waals surface area contributed by atoms with Crippen LogP contribution in [0.25, 0.3) is 32.3 Å². The fraction of sp³-hybridized carbons (Fsp3) is 0.182. The summed E-state index contributed by atoms with van der Waals surface area (Å²) in [5, 5.41) is 1.33. The van der Waals surface area contributed by atoms with Crippen molar-refractivity contribution in [1.82, 2.24) is 14.5 Å². The number of ether oxygens (including phenoxy) is 1. The second kappa shape index (κ2) is 7.93. The van der Waals surface area contributed by atoms with Gasteiger partial charge in [0.15, 0.2) is 5.13 Å². The summed E-state index contributed by atoms with van der Waals surface area (Å²) in [4.78, 5) is 36.6. The number of hydrogen-bond donors (Lipinski definition) is 0. The lowest BCUT2D eigenvalue weighted by molar-refractivity contribution is -0.119. The Morgan fingerprint density at radius 1 is 1.19 bits per heavy atom. The number of nitrogens with zero attached hydrogens (tertiary/aromatic N) is 4. The maximum Gasteiger partial charge on any atom is 0.297 e. The van der Waals surface area contributed by atoms with Gasteiger partial charge in [-0.1, -0.05) is 35.6 Å². The van der Waals surface area contributed by atoms with Crippen molar-refractivity contribution in [2.75, 3.05) is 25.2 Å². The van der Waals surface area contributed by atoms with E-state index in [9.17, 15) is 9.59 Å². The van der Waals surface area contributed by atoms with E-state index in [1.54, 1.807) is 18.1 Å². The van der Waals surface area contributed by atoms with Gasteiger partial charge in [-0.2, -0.15) is 0 Å². The van der Waals surface area contributed by atoms with Crippen molar-refractivity contribution in [2.45, 2.75) is 6.54 Å². The predicted molar refractivity (Wildman–Crippen MR) is 120 cm³/mol. The summed E-state index contributed by atoms with van der Waals surface area (Å²) in [6, 6.07) is 15.0. The van der Waals surface area contributed by atoms with E-state index >= 15 is 0 Å². The van der Waals surface area contributed by atoms with Gasteiger partial charge in [0, 0.05) is 12.5 Å². The minimum Gasteiger partial charge on any atom is -0.448 e. The first-order chi connectivity index (χ1) is 15.2. The summed E-state index contributed by atoms with van der Waals surface area (Å²) >= 11 is 1.42. The van der Waals surface area contributed by atoms with E-state index in [1.165, 1.54) is 22.2 Å². The number of methoxy groups -OCH3 is 1. The molecule has 0 aliphatic carbocycles. The van der Waals surface area contributed by atoms with Crippen molar-refractivity contribution < 1.29 is 13.9 Å². The van der Waals surface area contributed by atoms with Gasteiger partial charge >= 0.3 is 0 Å². The zero-order valence-corrected chi connectivity index (χ0v) is 17.5. The molecule has 0 spiro atoms. The van der Waals surface area contributed by atoms with Gasteiger partial charge < -0.3 is 9.15 Å². The highest BCUT2D eigenvalue weighted by atomic mass is 32.1. The van der Waals surface area contributed by atoms with Crippen molar-refractivity contribution in [2.24, 2.45) is 0 Å². The average molecular weight is 434 g/mol. The van der Waals surface area contributed by atoms with E-state index in [-0.39, 0.29) is 18.0 Å². The van der Waals surface area contributed by atoms with Crippen molar-refractivity contribution in [3.05, 3.63) is 65.2 Å². The van der Waals surface area contributed by atoms with Crippen LogP contribution >= 0.6 is 11.3 Å². The fourth-order valence-electron chi connectivity index (χ4n) is 3.44. The lowest BCUT2D eigenvalue weighted by Crippen LogP contribution is -2.38. The van der Waals surface area contributed by atoms with Crippen LogP contribution in [0.2, 0.25) is 0 Å². The SMILES string of the molecule is COCCN(C(=O)Cn1cnc2c(oc3ccccc32)c1=O)c1nc2ccccc2s1. The highest BCUT2D eigenvalue weighted by Gasteiger charge is 2.22. The van der Waals surface area contributed by atoms with E-state index in [1.807, 2.05) is 42.5 Å². The zero-order valence-electron chi connectivity index (χ0n) is 16.6. The Morgan fingerprint density at radius 2 is 2.00 bits per heavy atom. The van der Waals surface area contributed by atoms with Crippen LogP contribution in [0.4, 0.5) is 5.13 Å². The maximum absolute atomic E-state index is 13.2. The molecule has 0 saturated heterocycles. The van der Waals surface area contributed by atoms with Crippen LogP contribution in [0, 0.1) is 0 Å². The number of aromatic nitrogens is 3. The molecule has 0 atom stereocenters. The first kappa shape index (κ1) is 19.4. The van der Waals surface area contributed by atoms with Gasteiger partial charge in [-0.25, -0.2) is 9.97 Å². The number of carbonyl (C=O) groups is 1. The van der Waals surface area contributed by atoms with Crippen molar-refractivity contribution in [1.29, 1.82) is 0 Å². The molecule has 9 heteroatoms. The number of para-hydroxylation sites is 2. The average Bonchev–Trinajstić information content (AvgIpc) is 3.38. The zero-order chi connectivity index (χ0) is 21.4. The van der Waals surface area contributed by atoms with Gasteiger partial charge in [-0.05, 0) is 24.3 Å². The van der Waals surface area contributed by atoms with Crippen molar-refractivity contribution in [3.8, 4) is 0 Å². The summed E-state index contributed by atoms with van der Waals surface area (Å²) in [5.74, 6) is -0.282. The van der Waals surface area contributed by atoms with Gasteiger partial charge in [0.25, 0.3) is 5.56 Å².